The number of fused-ring (bicyclic) bond motifs is 1. The highest BCUT2D eigenvalue weighted by Crippen LogP contribution is 2.33. The Morgan fingerprint density at radius 1 is 1.12 bits per heavy atom. The molecule has 0 bridgehead atoms. The molecule has 1 saturated heterocycles. The maximum atomic E-state index is 13.2. The van der Waals surface area contributed by atoms with E-state index < -0.39 is 17.9 Å². The number of rotatable bonds is 6. The molecule has 3 amide bonds. The molecule has 2 aliphatic rings. The van der Waals surface area contributed by atoms with Gasteiger partial charge in [-0.05, 0) is 42.7 Å². The Hall–Kier alpha value is -3.91. The van der Waals surface area contributed by atoms with E-state index in [-0.39, 0.29) is 11.5 Å². The number of carbonyl (C=O) groups is 3. The second-order valence-electron chi connectivity index (χ2n) is 8.39. The van der Waals surface area contributed by atoms with Crippen molar-refractivity contribution in [2.45, 2.75) is 32.0 Å². The van der Waals surface area contributed by atoms with Crippen LogP contribution >= 0.6 is 11.6 Å². The molecular formula is C25H22ClN5O3. The summed E-state index contributed by atoms with van der Waals surface area (Å²) in [4.78, 5) is 39.8. The first-order chi connectivity index (χ1) is 16.4. The normalized spacial score (nSPS) is 17.7. The van der Waals surface area contributed by atoms with E-state index in [4.69, 9.17) is 11.6 Å². The lowest BCUT2D eigenvalue weighted by Gasteiger charge is -2.29. The Bertz CT molecular complexity index is 1330. The van der Waals surface area contributed by atoms with Gasteiger partial charge in [0.2, 0.25) is 5.91 Å². The number of carbonyl (C=O) groups excluding carboxylic acids is 3. The third kappa shape index (κ3) is 4.08. The van der Waals surface area contributed by atoms with Gasteiger partial charge in [0, 0.05) is 34.7 Å². The van der Waals surface area contributed by atoms with Crippen LogP contribution in [0.3, 0.4) is 0 Å². The fraction of sp³-hybridized carbons (Fsp3) is 0.200. The van der Waals surface area contributed by atoms with Crippen LogP contribution in [0.4, 0.5) is 5.69 Å². The van der Waals surface area contributed by atoms with Crippen molar-refractivity contribution in [1.82, 2.24) is 20.0 Å². The van der Waals surface area contributed by atoms with E-state index in [0.717, 1.165) is 16.0 Å². The summed E-state index contributed by atoms with van der Waals surface area (Å²) in [6, 6.07) is 11.9. The lowest BCUT2D eigenvalue weighted by atomic mass is 10.0. The van der Waals surface area contributed by atoms with E-state index in [2.05, 4.69) is 22.3 Å². The molecule has 1 atom stereocenters. The van der Waals surface area contributed by atoms with Gasteiger partial charge >= 0.3 is 0 Å². The van der Waals surface area contributed by atoms with Crippen molar-refractivity contribution in [3.8, 4) is 0 Å². The van der Waals surface area contributed by atoms with Crippen LogP contribution in [-0.4, -0.2) is 38.4 Å². The van der Waals surface area contributed by atoms with Crippen LogP contribution in [0.1, 0.15) is 44.7 Å². The largest absolute Gasteiger partial charge is 0.380 e. The summed E-state index contributed by atoms with van der Waals surface area (Å²) < 4.78 is 1.81. The number of hydrogen-bond acceptors (Lipinski definition) is 5. The molecule has 2 N–H and O–H groups in total. The summed E-state index contributed by atoms with van der Waals surface area (Å²) in [5, 5.41) is 11.0. The maximum Gasteiger partial charge on any atom is 0.264 e. The van der Waals surface area contributed by atoms with Crippen molar-refractivity contribution >= 4 is 35.0 Å². The monoisotopic (exact) mass is 475 g/mol. The summed E-state index contributed by atoms with van der Waals surface area (Å²) in [5.41, 5.74) is 3.67. The zero-order chi connectivity index (χ0) is 23.8. The van der Waals surface area contributed by atoms with E-state index in [9.17, 15) is 14.4 Å². The first-order valence-corrected chi connectivity index (χ1v) is 11.3. The molecule has 1 fully saturated rings. The van der Waals surface area contributed by atoms with Crippen molar-refractivity contribution in [1.29, 1.82) is 0 Å². The fourth-order valence-corrected chi connectivity index (χ4v) is 4.56. The van der Waals surface area contributed by atoms with E-state index >= 15 is 0 Å². The minimum absolute atomic E-state index is 0.288. The zero-order valence-electron chi connectivity index (χ0n) is 18.3. The van der Waals surface area contributed by atoms with E-state index in [1.807, 2.05) is 35.1 Å². The second kappa shape index (κ2) is 8.79. The predicted octanol–water partition coefficient (Wildman–Crippen LogP) is 3.59. The Morgan fingerprint density at radius 3 is 2.74 bits per heavy atom. The quantitative estimate of drug-likeness (QED) is 0.531. The predicted molar refractivity (Wildman–Crippen MR) is 127 cm³/mol. The molecular weight excluding hydrogens is 454 g/mol. The van der Waals surface area contributed by atoms with Gasteiger partial charge in [-0.1, -0.05) is 36.4 Å². The SMILES string of the molecule is C=C1CCC(N2C(=O)c3cccc(NCc4cnn(Cc5cccc(Cl)c5)c4)c3C2=O)C(=O)N1. The first kappa shape index (κ1) is 21.9. The van der Waals surface area contributed by atoms with Gasteiger partial charge in [0.05, 0.1) is 23.9 Å². The topological polar surface area (TPSA) is 96.3 Å². The maximum absolute atomic E-state index is 13.2. The molecule has 172 valence electrons. The summed E-state index contributed by atoms with van der Waals surface area (Å²) in [6.45, 7) is 4.75. The van der Waals surface area contributed by atoms with Gasteiger partial charge in [0.15, 0.2) is 0 Å². The van der Waals surface area contributed by atoms with Gasteiger partial charge in [0.25, 0.3) is 11.8 Å². The Morgan fingerprint density at radius 2 is 1.94 bits per heavy atom. The summed E-state index contributed by atoms with van der Waals surface area (Å²) in [6.07, 6.45) is 4.55. The van der Waals surface area contributed by atoms with Crippen LogP contribution in [0, 0.1) is 0 Å². The molecule has 3 heterocycles. The van der Waals surface area contributed by atoms with Gasteiger partial charge in [-0.15, -0.1) is 0 Å². The minimum Gasteiger partial charge on any atom is -0.380 e. The number of amides is 3. The standard InChI is InChI=1S/C25H22ClN5O3/c1-15-8-9-21(23(32)29-15)31-24(33)19-6-3-7-20(22(19)25(31)34)27-11-17-12-28-30(14-17)13-16-4-2-5-18(26)10-16/h2-7,10,12,14,21,27H,1,8-9,11,13H2,(H,29,32). The summed E-state index contributed by atoms with van der Waals surface area (Å²) >= 11 is 6.06. The molecule has 1 unspecified atom stereocenters. The number of hydrogen-bond donors (Lipinski definition) is 2. The smallest absolute Gasteiger partial charge is 0.264 e. The highest BCUT2D eigenvalue weighted by molar-refractivity contribution is 6.30. The molecule has 0 spiro atoms. The molecule has 1 aromatic heterocycles. The molecule has 0 radical (unpaired) electrons. The summed E-state index contributed by atoms with van der Waals surface area (Å²) in [5.74, 6) is -1.30. The summed E-state index contributed by atoms with van der Waals surface area (Å²) in [7, 11) is 0. The van der Waals surface area contributed by atoms with Gasteiger partial charge < -0.3 is 10.6 Å². The number of nitrogens with zero attached hydrogens (tertiary/aromatic N) is 3. The van der Waals surface area contributed by atoms with E-state index in [1.165, 1.54) is 0 Å². The molecule has 8 nitrogen and oxygen atoms in total. The number of nitrogens with one attached hydrogen (secondary N) is 2. The van der Waals surface area contributed by atoms with Crippen molar-refractivity contribution in [2.75, 3.05) is 5.32 Å². The molecule has 9 heteroatoms. The lowest BCUT2D eigenvalue weighted by molar-refractivity contribution is -0.125. The molecule has 0 saturated carbocycles. The van der Waals surface area contributed by atoms with Gasteiger partial charge in [-0.3, -0.25) is 24.0 Å². The molecule has 3 aromatic rings. The van der Waals surface area contributed by atoms with E-state index in [1.54, 1.807) is 24.4 Å². The van der Waals surface area contributed by atoms with Gasteiger partial charge in [0.1, 0.15) is 6.04 Å². The van der Waals surface area contributed by atoms with Crippen LogP contribution in [0.2, 0.25) is 5.02 Å². The third-order valence-electron chi connectivity index (χ3n) is 5.98. The number of aromatic nitrogens is 2. The number of benzene rings is 2. The van der Waals surface area contributed by atoms with Crippen molar-refractivity contribution in [2.24, 2.45) is 0 Å². The Kier molecular flexibility index (Phi) is 5.67. The molecule has 0 aliphatic carbocycles. The number of imide groups is 1. The number of halogens is 1. The van der Waals surface area contributed by atoms with Crippen LogP contribution in [0.15, 0.2) is 67.1 Å². The minimum atomic E-state index is -0.838. The molecule has 2 aliphatic heterocycles. The second-order valence-corrected chi connectivity index (χ2v) is 8.82. The number of piperidine rings is 1. The Balaban J connectivity index is 1.31. The average Bonchev–Trinajstić information content (AvgIpc) is 3.35. The molecule has 34 heavy (non-hydrogen) atoms. The highest BCUT2D eigenvalue weighted by Gasteiger charge is 2.44. The van der Waals surface area contributed by atoms with Gasteiger partial charge in [-0.2, -0.15) is 5.10 Å². The molecule has 2 aromatic carbocycles. The van der Waals surface area contributed by atoms with E-state index in [0.29, 0.717) is 47.9 Å². The average molecular weight is 476 g/mol. The van der Waals surface area contributed by atoms with Crippen LogP contribution in [0.5, 0.6) is 0 Å². The van der Waals surface area contributed by atoms with Gasteiger partial charge in [-0.25, -0.2) is 0 Å². The van der Waals surface area contributed by atoms with Crippen molar-refractivity contribution in [3.05, 3.63) is 94.4 Å². The van der Waals surface area contributed by atoms with Crippen molar-refractivity contribution in [3.63, 3.8) is 0 Å². The number of anilines is 1. The van der Waals surface area contributed by atoms with Crippen LogP contribution in [0.25, 0.3) is 0 Å². The van der Waals surface area contributed by atoms with Crippen LogP contribution < -0.4 is 10.6 Å². The third-order valence-corrected chi connectivity index (χ3v) is 6.22. The lowest BCUT2D eigenvalue weighted by Crippen LogP contribution is -2.51. The fourth-order valence-electron chi connectivity index (χ4n) is 4.35. The highest BCUT2D eigenvalue weighted by atomic mass is 35.5. The first-order valence-electron chi connectivity index (χ1n) is 10.9. The Labute approximate surface area is 201 Å². The number of allylic oxidation sites excluding steroid dienone is 1. The molecule has 5 rings (SSSR count). The van der Waals surface area contributed by atoms with Crippen molar-refractivity contribution < 1.29 is 14.4 Å². The van der Waals surface area contributed by atoms with Crippen LogP contribution in [-0.2, 0) is 17.9 Å². The zero-order valence-corrected chi connectivity index (χ0v) is 19.0.